The lowest BCUT2D eigenvalue weighted by Crippen LogP contribution is -2.38. The van der Waals surface area contributed by atoms with Crippen molar-refractivity contribution in [1.82, 2.24) is 10.2 Å². The van der Waals surface area contributed by atoms with E-state index in [1.54, 1.807) is 0 Å². The first kappa shape index (κ1) is 18.0. The molecule has 3 rings (SSSR count). The molecule has 1 N–H and O–H groups in total. The van der Waals surface area contributed by atoms with Gasteiger partial charge in [-0.15, -0.1) is 11.3 Å². The zero-order valence-corrected chi connectivity index (χ0v) is 15.6. The zero-order valence-electron chi connectivity index (χ0n) is 14.7. The molecule has 0 aliphatic carbocycles. The fraction of sp³-hybridized carbons (Fsp3) is 0.450. The van der Waals surface area contributed by atoms with Gasteiger partial charge in [0.2, 0.25) is 0 Å². The first-order valence-electron chi connectivity index (χ1n) is 9.00. The number of thiophene rings is 1. The number of hydrogen-bond donors (Lipinski definition) is 1. The summed E-state index contributed by atoms with van der Waals surface area (Å²) in [5.74, 6) is 1.30. The summed E-state index contributed by atoms with van der Waals surface area (Å²) in [5.41, 5.74) is 0.668. The summed E-state index contributed by atoms with van der Waals surface area (Å²) in [5, 5.41) is 5.22. The highest BCUT2D eigenvalue weighted by molar-refractivity contribution is 7.09. The molecular formula is C20H26N2O2S. The summed E-state index contributed by atoms with van der Waals surface area (Å²) in [7, 11) is 0. The summed E-state index contributed by atoms with van der Waals surface area (Å²) < 4.78 is 5.46. The quantitative estimate of drug-likeness (QED) is 0.819. The summed E-state index contributed by atoms with van der Waals surface area (Å²) in [4.78, 5) is 16.3. The first-order chi connectivity index (χ1) is 12.2. The van der Waals surface area contributed by atoms with Crippen LogP contribution < -0.4 is 10.1 Å². The first-order valence-corrected chi connectivity index (χ1v) is 9.88. The van der Waals surface area contributed by atoms with Crippen LogP contribution in [0.2, 0.25) is 0 Å². The molecule has 0 unspecified atom stereocenters. The van der Waals surface area contributed by atoms with Gasteiger partial charge in [-0.2, -0.15) is 0 Å². The molecule has 0 bridgehead atoms. The van der Waals surface area contributed by atoms with Crippen molar-refractivity contribution >= 4 is 17.2 Å². The van der Waals surface area contributed by atoms with Crippen molar-refractivity contribution in [2.75, 3.05) is 26.2 Å². The third-order valence-electron chi connectivity index (χ3n) is 4.63. The fourth-order valence-corrected chi connectivity index (χ4v) is 3.95. The van der Waals surface area contributed by atoms with E-state index in [1.165, 1.54) is 4.88 Å². The van der Waals surface area contributed by atoms with Crippen LogP contribution in [0.4, 0.5) is 0 Å². The number of piperidine rings is 1. The maximum absolute atomic E-state index is 12.3. The Labute approximate surface area is 153 Å². The number of amides is 1. The number of benzene rings is 1. The summed E-state index contributed by atoms with van der Waals surface area (Å²) in [6.07, 6.45) is 2.29. The molecule has 2 heterocycles. The summed E-state index contributed by atoms with van der Waals surface area (Å²) in [6.45, 7) is 6.58. The highest BCUT2D eigenvalue weighted by Gasteiger charge is 2.20. The Bertz CT molecular complexity index is 664. The fourth-order valence-electron chi connectivity index (χ4n) is 3.20. The zero-order chi connectivity index (χ0) is 17.5. The molecule has 1 aliphatic rings. The molecule has 1 fully saturated rings. The third kappa shape index (κ3) is 5.31. The molecule has 1 aliphatic heterocycles. The standard InChI is InChI=1S/C20H26N2O2S/c1-2-24-18-6-3-5-17(13-18)20(23)21-14-16-8-10-22(11-9-16)15-19-7-4-12-25-19/h3-7,12-13,16H,2,8-11,14-15H2,1H3,(H,21,23). The molecule has 134 valence electrons. The number of likely N-dealkylation sites (tertiary alicyclic amines) is 1. The van der Waals surface area contributed by atoms with Gasteiger partial charge in [-0.25, -0.2) is 0 Å². The molecule has 0 spiro atoms. The molecule has 0 radical (unpaired) electrons. The van der Waals surface area contributed by atoms with Gasteiger partial charge in [-0.1, -0.05) is 12.1 Å². The van der Waals surface area contributed by atoms with Gasteiger partial charge in [0.1, 0.15) is 5.75 Å². The Morgan fingerprint density at radius 2 is 2.12 bits per heavy atom. The van der Waals surface area contributed by atoms with Crippen molar-refractivity contribution in [3.05, 3.63) is 52.2 Å². The van der Waals surface area contributed by atoms with Gasteiger partial charge in [0, 0.05) is 23.5 Å². The van der Waals surface area contributed by atoms with E-state index in [0.29, 0.717) is 18.1 Å². The van der Waals surface area contributed by atoms with E-state index >= 15 is 0 Å². The monoisotopic (exact) mass is 358 g/mol. The maximum Gasteiger partial charge on any atom is 0.251 e. The molecule has 4 nitrogen and oxygen atoms in total. The van der Waals surface area contributed by atoms with Gasteiger partial charge in [0.25, 0.3) is 5.91 Å². The van der Waals surface area contributed by atoms with Gasteiger partial charge in [-0.3, -0.25) is 9.69 Å². The smallest absolute Gasteiger partial charge is 0.251 e. The van der Waals surface area contributed by atoms with Gasteiger partial charge in [0.05, 0.1) is 6.61 Å². The van der Waals surface area contributed by atoms with E-state index in [1.807, 2.05) is 42.5 Å². The minimum absolute atomic E-state index is 0.0115. The molecule has 0 atom stereocenters. The predicted molar refractivity (Wildman–Crippen MR) is 102 cm³/mol. The van der Waals surface area contributed by atoms with Crippen LogP contribution in [0.5, 0.6) is 5.75 Å². The van der Waals surface area contributed by atoms with E-state index in [4.69, 9.17) is 4.74 Å². The van der Waals surface area contributed by atoms with Gasteiger partial charge in [0.15, 0.2) is 0 Å². The predicted octanol–water partition coefficient (Wildman–Crippen LogP) is 3.79. The Morgan fingerprint density at radius 3 is 2.84 bits per heavy atom. The van der Waals surface area contributed by atoms with Crippen molar-refractivity contribution in [2.45, 2.75) is 26.3 Å². The topological polar surface area (TPSA) is 41.6 Å². The van der Waals surface area contributed by atoms with Crippen molar-refractivity contribution in [3.8, 4) is 5.75 Å². The largest absolute Gasteiger partial charge is 0.494 e. The van der Waals surface area contributed by atoms with Crippen LogP contribution in [-0.2, 0) is 6.54 Å². The number of rotatable bonds is 7. The molecule has 5 heteroatoms. The number of carbonyl (C=O) groups is 1. The number of ether oxygens (including phenoxy) is 1. The second kappa shape index (κ2) is 9.02. The van der Waals surface area contributed by atoms with Crippen LogP contribution in [0, 0.1) is 5.92 Å². The molecular weight excluding hydrogens is 332 g/mol. The normalized spacial score (nSPS) is 15.9. The molecule has 25 heavy (non-hydrogen) atoms. The summed E-state index contributed by atoms with van der Waals surface area (Å²) in [6, 6.07) is 11.7. The van der Waals surface area contributed by atoms with Crippen molar-refractivity contribution in [3.63, 3.8) is 0 Å². The number of hydrogen-bond acceptors (Lipinski definition) is 4. The Balaban J connectivity index is 1.42. The highest BCUT2D eigenvalue weighted by atomic mass is 32.1. The average Bonchev–Trinajstić information content (AvgIpc) is 3.14. The number of nitrogens with one attached hydrogen (secondary N) is 1. The van der Waals surface area contributed by atoms with Crippen LogP contribution in [0.15, 0.2) is 41.8 Å². The molecule has 2 aromatic rings. The second-order valence-corrected chi connectivity index (χ2v) is 7.50. The maximum atomic E-state index is 12.3. The van der Waals surface area contributed by atoms with Crippen molar-refractivity contribution in [2.24, 2.45) is 5.92 Å². The van der Waals surface area contributed by atoms with Crippen LogP contribution >= 0.6 is 11.3 Å². The van der Waals surface area contributed by atoms with Gasteiger partial charge in [-0.05, 0) is 68.4 Å². The number of carbonyl (C=O) groups excluding carboxylic acids is 1. The van der Waals surface area contributed by atoms with Crippen LogP contribution in [0.1, 0.15) is 35.0 Å². The van der Waals surface area contributed by atoms with E-state index < -0.39 is 0 Å². The second-order valence-electron chi connectivity index (χ2n) is 6.47. The van der Waals surface area contributed by atoms with E-state index in [9.17, 15) is 4.79 Å². The van der Waals surface area contributed by atoms with Crippen LogP contribution in [0.25, 0.3) is 0 Å². The Kier molecular flexibility index (Phi) is 6.48. The lowest BCUT2D eigenvalue weighted by atomic mass is 9.96. The van der Waals surface area contributed by atoms with Crippen LogP contribution in [0.3, 0.4) is 0 Å². The minimum atomic E-state index is -0.0115. The Morgan fingerprint density at radius 1 is 1.28 bits per heavy atom. The molecule has 1 amide bonds. The van der Waals surface area contributed by atoms with Crippen LogP contribution in [-0.4, -0.2) is 37.0 Å². The molecule has 1 aromatic heterocycles. The van der Waals surface area contributed by atoms with E-state index in [2.05, 4.69) is 27.7 Å². The van der Waals surface area contributed by atoms with Crippen molar-refractivity contribution in [1.29, 1.82) is 0 Å². The number of nitrogens with zero attached hydrogens (tertiary/aromatic N) is 1. The van der Waals surface area contributed by atoms with Gasteiger partial charge < -0.3 is 10.1 Å². The third-order valence-corrected chi connectivity index (χ3v) is 5.49. The molecule has 1 saturated heterocycles. The van der Waals surface area contributed by atoms with E-state index in [-0.39, 0.29) is 5.91 Å². The molecule has 0 saturated carbocycles. The lowest BCUT2D eigenvalue weighted by Gasteiger charge is -2.31. The summed E-state index contributed by atoms with van der Waals surface area (Å²) >= 11 is 1.82. The Hall–Kier alpha value is -1.85. The average molecular weight is 359 g/mol. The molecule has 1 aromatic carbocycles. The highest BCUT2D eigenvalue weighted by Crippen LogP contribution is 2.20. The SMILES string of the molecule is CCOc1cccc(C(=O)NCC2CCN(Cc3cccs3)CC2)c1. The minimum Gasteiger partial charge on any atom is -0.494 e. The van der Waals surface area contributed by atoms with Crippen molar-refractivity contribution < 1.29 is 9.53 Å². The van der Waals surface area contributed by atoms with Gasteiger partial charge >= 0.3 is 0 Å². The lowest BCUT2D eigenvalue weighted by molar-refractivity contribution is 0.0935. The van der Waals surface area contributed by atoms with E-state index in [0.717, 1.165) is 44.8 Å².